The van der Waals surface area contributed by atoms with Gasteiger partial charge in [-0.2, -0.15) is 11.8 Å². The van der Waals surface area contributed by atoms with Gasteiger partial charge in [-0.25, -0.2) is 0 Å². The van der Waals surface area contributed by atoms with E-state index in [1.165, 1.54) is 5.75 Å². The summed E-state index contributed by atoms with van der Waals surface area (Å²) in [5.41, 5.74) is 1.01. The summed E-state index contributed by atoms with van der Waals surface area (Å²) in [4.78, 5) is 2.45. The molecule has 0 aromatic carbocycles. The maximum atomic E-state index is 5.39. The molecule has 18 heavy (non-hydrogen) atoms. The zero-order valence-electron chi connectivity index (χ0n) is 11.3. The minimum atomic E-state index is 0.729. The van der Waals surface area contributed by atoms with Crippen molar-refractivity contribution < 1.29 is 4.52 Å². The van der Waals surface area contributed by atoms with Crippen LogP contribution in [0.1, 0.15) is 31.7 Å². The number of aromatic nitrogens is 1. The van der Waals surface area contributed by atoms with Gasteiger partial charge in [-0.1, -0.05) is 19.0 Å². The first kappa shape index (κ1) is 13.9. The Bertz CT molecular complexity index is 356. The summed E-state index contributed by atoms with van der Waals surface area (Å²) >= 11 is 2.05. The summed E-state index contributed by atoms with van der Waals surface area (Å²) in [5, 5.41) is 8.17. The third-order valence-electron chi connectivity index (χ3n) is 3.05. The van der Waals surface area contributed by atoms with Crippen molar-refractivity contribution >= 4 is 11.8 Å². The Hall–Kier alpha value is -0.520. The van der Waals surface area contributed by atoms with Gasteiger partial charge in [-0.15, -0.1) is 0 Å². The van der Waals surface area contributed by atoms with Crippen LogP contribution in [0.4, 0.5) is 0 Å². The molecule has 4 nitrogen and oxygen atoms in total. The molecule has 1 aliphatic heterocycles. The summed E-state index contributed by atoms with van der Waals surface area (Å²) in [6.07, 6.45) is 1.15. The first-order chi connectivity index (χ1) is 8.78. The van der Waals surface area contributed by atoms with Crippen LogP contribution in [-0.4, -0.2) is 40.7 Å². The Morgan fingerprint density at radius 1 is 1.61 bits per heavy atom. The summed E-state index contributed by atoms with van der Waals surface area (Å²) in [7, 11) is 0. The molecule has 0 amide bonds. The van der Waals surface area contributed by atoms with Crippen LogP contribution in [0.5, 0.6) is 0 Å². The molecule has 0 saturated carbocycles. The number of nitrogens with one attached hydrogen (secondary N) is 1. The lowest BCUT2D eigenvalue weighted by Crippen LogP contribution is -2.35. The lowest BCUT2D eigenvalue weighted by atomic mass is 10.3. The molecular formula is C13H23N3OS. The molecule has 102 valence electrons. The van der Waals surface area contributed by atoms with Crippen LogP contribution in [-0.2, 0) is 13.1 Å². The van der Waals surface area contributed by atoms with Crippen molar-refractivity contribution in [1.29, 1.82) is 0 Å². The number of rotatable bonds is 6. The van der Waals surface area contributed by atoms with Crippen molar-refractivity contribution in [3.8, 4) is 0 Å². The van der Waals surface area contributed by atoms with E-state index < -0.39 is 0 Å². The Kier molecular flexibility index (Phi) is 5.53. The standard InChI is InChI=1S/C13H23N3OS/c1-3-4-14-8-12-7-13(17-15-12)10-16-5-6-18-11(2)9-16/h7,11,14H,3-6,8-10H2,1-2H3. The van der Waals surface area contributed by atoms with Crippen LogP contribution < -0.4 is 5.32 Å². The fourth-order valence-electron chi connectivity index (χ4n) is 2.16. The second kappa shape index (κ2) is 7.16. The molecule has 2 heterocycles. The Labute approximate surface area is 113 Å². The van der Waals surface area contributed by atoms with Crippen LogP contribution in [0.25, 0.3) is 0 Å². The Morgan fingerprint density at radius 2 is 2.50 bits per heavy atom. The minimum Gasteiger partial charge on any atom is -0.360 e. The van der Waals surface area contributed by atoms with Gasteiger partial charge in [0, 0.05) is 36.7 Å². The quantitative estimate of drug-likeness (QED) is 0.801. The highest BCUT2D eigenvalue weighted by molar-refractivity contribution is 7.99. The first-order valence-electron chi connectivity index (χ1n) is 6.77. The highest BCUT2D eigenvalue weighted by Crippen LogP contribution is 2.19. The van der Waals surface area contributed by atoms with E-state index in [9.17, 15) is 0 Å². The average Bonchev–Trinajstić information content (AvgIpc) is 2.77. The van der Waals surface area contributed by atoms with Gasteiger partial charge in [-0.05, 0) is 13.0 Å². The second-order valence-electron chi connectivity index (χ2n) is 4.88. The molecule has 1 saturated heterocycles. The molecule has 1 atom stereocenters. The van der Waals surface area contributed by atoms with Crippen LogP contribution in [0.3, 0.4) is 0 Å². The highest BCUT2D eigenvalue weighted by atomic mass is 32.2. The van der Waals surface area contributed by atoms with Crippen molar-refractivity contribution in [1.82, 2.24) is 15.4 Å². The summed E-state index contributed by atoms with van der Waals surface area (Å²) in [5.74, 6) is 2.21. The monoisotopic (exact) mass is 269 g/mol. The predicted molar refractivity (Wildman–Crippen MR) is 75.7 cm³/mol. The lowest BCUT2D eigenvalue weighted by Gasteiger charge is -2.29. The van der Waals surface area contributed by atoms with E-state index in [0.717, 1.165) is 55.8 Å². The number of nitrogens with zero attached hydrogens (tertiary/aromatic N) is 2. The molecule has 0 radical (unpaired) electrons. The van der Waals surface area contributed by atoms with E-state index in [1.54, 1.807) is 0 Å². The van der Waals surface area contributed by atoms with E-state index in [0.29, 0.717) is 0 Å². The third-order valence-corrected chi connectivity index (χ3v) is 4.18. The van der Waals surface area contributed by atoms with Gasteiger partial charge >= 0.3 is 0 Å². The van der Waals surface area contributed by atoms with Crippen LogP contribution >= 0.6 is 11.8 Å². The SMILES string of the molecule is CCCNCc1cc(CN2CCSC(C)C2)on1. The molecule has 0 spiro atoms. The predicted octanol–water partition coefficient (Wildman–Crippen LogP) is 2.11. The van der Waals surface area contributed by atoms with E-state index >= 15 is 0 Å². The molecule has 5 heteroatoms. The molecule has 1 aromatic heterocycles. The third kappa shape index (κ3) is 4.30. The van der Waals surface area contributed by atoms with Crippen molar-refractivity contribution in [2.24, 2.45) is 0 Å². The van der Waals surface area contributed by atoms with Crippen LogP contribution in [0.15, 0.2) is 10.6 Å². The molecule has 1 fully saturated rings. The van der Waals surface area contributed by atoms with Gasteiger partial charge in [0.25, 0.3) is 0 Å². The molecule has 1 unspecified atom stereocenters. The maximum Gasteiger partial charge on any atom is 0.151 e. The van der Waals surface area contributed by atoms with Crippen LogP contribution in [0.2, 0.25) is 0 Å². The van der Waals surface area contributed by atoms with E-state index in [4.69, 9.17) is 4.52 Å². The van der Waals surface area contributed by atoms with E-state index in [1.807, 2.05) is 0 Å². The van der Waals surface area contributed by atoms with Gasteiger partial charge in [-0.3, -0.25) is 4.90 Å². The van der Waals surface area contributed by atoms with Gasteiger partial charge < -0.3 is 9.84 Å². The average molecular weight is 269 g/mol. The van der Waals surface area contributed by atoms with Gasteiger partial charge in [0.05, 0.1) is 12.2 Å². The topological polar surface area (TPSA) is 41.3 Å². The number of hydrogen-bond acceptors (Lipinski definition) is 5. The van der Waals surface area contributed by atoms with Crippen molar-refractivity contribution in [3.05, 3.63) is 17.5 Å². The lowest BCUT2D eigenvalue weighted by molar-refractivity contribution is 0.239. The summed E-state index contributed by atoms with van der Waals surface area (Å²) in [6.45, 7) is 9.49. The zero-order chi connectivity index (χ0) is 12.8. The summed E-state index contributed by atoms with van der Waals surface area (Å²) in [6, 6.07) is 2.08. The largest absolute Gasteiger partial charge is 0.360 e. The van der Waals surface area contributed by atoms with Gasteiger partial charge in [0.2, 0.25) is 0 Å². The number of hydrogen-bond donors (Lipinski definition) is 1. The maximum absolute atomic E-state index is 5.39. The Balaban J connectivity index is 1.78. The highest BCUT2D eigenvalue weighted by Gasteiger charge is 2.18. The molecule has 1 N–H and O–H groups in total. The molecule has 1 aromatic rings. The molecule has 0 bridgehead atoms. The normalized spacial score (nSPS) is 21.3. The van der Waals surface area contributed by atoms with E-state index in [2.05, 4.69) is 47.0 Å². The van der Waals surface area contributed by atoms with Gasteiger partial charge in [0.15, 0.2) is 5.76 Å². The van der Waals surface area contributed by atoms with Crippen LogP contribution in [0, 0.1) is 0 Å². The van der Waals surface area contributed by atoms with Crippen molar-refractivity contribution in [2.45, 2.75) is 38.6 Å². The minimum absolute atomic E-state index is 0.729. The number of thioether (sulfide) groups is 1. The molecule has 0 aliphatic carbocycles. The fraction of sp³-hybridized carbons (Fsp3) is 0.769. The van der Waals surface area contributed by atoms with E-state index in [-0.39, 0.29) is 0 Å². The first-order valence-corrected chi connectivity index (χ1v) is 7.82. The van der Waals surface area contributed by atoms with Gasteiger partial charge in [0.1, 0.15) is 0 Å². The van der Waals surface area contributed by atoms with Crippen molar-refractivity contribution in [2.75, 3.05) is 25.4 Å². The second-order valence-corrected chi connectivity index (χ2v) is 6.42. The molecular weight excluding hydrogens is 246 g/mol. The summed E-state index contributed by atoms with van der Waals surface area (Å²) < 4.78 is 5.39. The fourth-order valence-corrected chi connectivity index (χ4v) is 3.24. The Morgan fingerprint density at radius 3 is 3.28 bits per heavy atom. The smallest absolute Gasteiger partial charge is 0.151 e. The molecule has 2 rings (SSSR count). The molecule has 1 aliphatic rings. The van der Waals surface area contributed by atoms with Crippen molar-refractivity contribution in [3.63, 3.8) is 0 Å². The zero-order valence-corrected chi connectivity index (χ0v) is 12.1.